The highest BCUT2D eigenvalue weighted by Crippen LogP contribution is 2.33. The van der Waals surface area contributed by atoms with Gasteiger partial charge >= 0.3 is 0 Å². The summed E-state index contributed by atoms with van der Waals surface area (Å²) in [5, 5.41) is 0. The van der Waals surface area contributed by atoms with E-state index in [1.165, 1.54) is 6.42 Å². The predicted molar refractivity (Wildman–Crippen MR) is 105 cm³/mol. The molecule has 2 fully saturated rings. The molecule has 7 nitrogen and oxygen atoms in total. The molecule has 152 valence electrons. The minimum absolute atomic E-state index is 0.0339. The Kier molecular flexibility index (Phi) is 5.71. The molecule has 0 saturated carbocycles. The first-order valence-electron chi connectivity index (χ1n) is 10.3. The van der Waals surface area contributed by atoms with Crippen LogP contribution in [0.25, 0.3) is 0 Å². The Bertz CT molecular complexity index is 719. The number of piperidine rings is 1. The summed E-state index contributed by atoms with van der Waals surface area (Å²) < 4.78 is 11.6. The lowest BCUT2D eigenvalue weighted by Gasteiger charge is -2.39. The van der Waals surface area contributed by atoms with Crippen LogP contribution in [0.2, 0.25) is 0 Å². The summed E-state index contributed by atoms with van der Waals surface area (Å²) in [6.45, 7) is 6.02. The van der Waals surface area contributed by atoms with Gasteiger partial charge in [-0.05, 0) is 38.3 Å². The van der Waals surface area contributed by atoms with Crippen molar-refractivity contribution in [3.63, 3.8) is 0 Å². The molecule has 1 aromatic carbocycles. The molecular formula is C21H29N3O4. The number of hydrogen-bond donors (Lipinski definition) is 0. The Morgan fingerprint density at radius 3 is 2.61 bits per heavy atom. The molecule has 2 atom stereocenters. The summed E-state index contributed by atoms with van der Waals surface area (Å²) in [7, 11) is 0. The molecule has 0 spiro atoms. The van der Waals surface area contributed by atoms with Crippen LogP contribution >= 0.6 is 0 Å². The number of hydrogen-bond acceptors (Lipinski definition) is 5. The molecule has 1 aromatic rings. The number of anilines is 1. The maximum atomic E-state index is 13.0. The van der Waals surface area contributed by atoms with Gasteiger partial charge in [-0.1, -0.05) is 12.1 Å². The van der Waals surface area contributed by atoms with Crippen LogP contribution in [-0.4, -0.2) is 79.7 Å². The summed E-state index contributed by atoms with van der Waals surface area (Å²) in [6, 6.07) is 7.66. The Morgan fingerprint density at radius 1 is 1.04 bits per heavy atom. The summed E-state index contributed by atoms with van der Waals surface area (Å²) in [5.41, 5.74) is 0.875. The molecule has 2 saturated heterocycles. The average molecular weight is 387 g/mol. The fourth-order valence-electron chi connectivity index (χ4n) is 4.21. The molecule has 4 rings (SSSR count). The van der Waals surface area contributed by atoms with E-state index in [-0.39, 0.29) is 24.5 Å². The molecule has 28 heavy (non-hydrogen) atoms. The van der Waals surface area contributed by atoms with Gasteiger partial charge in [0.2, 0.25) is 5.91 Å². The van der Waals surface area contributed by atoms with E-state index in [0.717, 1.165) is 31.6 Å². The van der Waals surface area contributed by atoms with Gasteiger partial charge in [0.15, 0.2) is 6.10 Å². The summed E-state index contributed by atoms with van der Waals surface area (Å²) in [6.07, 6.45) is 2.77. The zero-order chi connectivity index (χ0) is 19.5. The second-order valence-electron chi connectivity index (χ2n) is 7.86. The average Bonchev–Trinajstić information content (AvgIpc) is 2.73. The highest BCUT2D eigenvalue weighted by Gasteiger charge is 2.35. The minimum atomic E-state index is -0.565. The van der Waals surface area contributed by atoms with Crippen LogP contribution in [0.5, 0.6) is 5.75 Å². The molecule has 0 radical (unpaired) electrons. The van der Waals surface area contributed by atoms with Crippen LogP contribution in [-0.2, 0) is 14.3 Å². The van der Waals surface area contributed by atoms with Gasteiger partial charge in [-0.15, -0.1) is 0 Å². The number of amides is 2. The number of ether oxygens (including phenoxy) is 2. The molecule has 0 aliphatic carbocycles. The molecule has 3 heterocycles. The molecule has 0 aromatic heterocycles. The van der Waals surface area contributed by atoms with Gasteiger partial charge in [-0.2, -0.15) is 0 Å². The van der Waals surface area contributed by atoms with Gasteiger partial charge in [-0.3, -0.25) is 9.59 Å². The summed E-state index contributed by atoms with van der Waals surface area (Å²) in [5.74, 6) is 0.773. The largest absolute Gasteiger partial charge is 0.477 e. The third-order valence-corrected chi connectivity index (χ3v) is 5.72. The van der Waals surface area contributed by atoms with E-state index in [1.807, 2.05) is 45.9 Å². The van der Waals surface area contributed by atoms with Crippen LogP contribution in [0.15, 0.2) is 24.3 Å². The van der Waals surface area contributed by atoms with Crippen LogP contribution in [0.4, 0.5) is 5.69 Å². The minimum Gasteiger partial charge on any atom is -0.477 e. The van der Waals surface area contributed by atoms with Gasteiger partial charge < -0.3 is 24.2 Å². The van der Waals surface area contributed by atoms with Crippen molar-refractivity contribution in [1.82, 2.24) is 9.80 Å². The monoisotopic (exact) mass is 387 g/mol. The highest BCUT2D eigenvalue weighted by molar-refractivity contribution is 5.86. The second kappa shape index (κ2) is 8.39. The lowest BCUT2D eigenvalue weighted by Crippen LogP contribution is -2.54. The number of carbonyl (C=O) groups is 2. The number of morpholine rings is 1. The van der Waals surface area contributed by atoms with Crippen molar-refractivity contribution in [3.8, 4) is 5.75 Å². The predicted octanol–water partition coefficient (Wildman–Crippen LogP) is 1.51. The normalized spacial score (nSPS) is 25.1. The van der Waals surface area contributed by atoms with E-state index in [9.17, 15) is 9.59 Å². The van der Waals surface area contributed by atoms with Crippen LogP contribution < -0.4 is 9.64 Å². The number of benzene rings is 1. The third kappa shape index (κ3) is 4.09. The Labute approximate surface area is 166 Å². The van der Waals surface area contributed by atoms with E-state index in [1.54, 1.807) is 0 Å². The number of fused-ring (bicyclic) bond motifs is 1. The van der Waals surface area contributed by atoms with Crippen molar-refractivity contribution in [2.45, 2.75) is 38.4 Å². The second-order valence-corrected chi connectivity index (χ2v) is 7.86. The molecular weight excluding hydrogens is 358 g/mol. The standard InChI is InChI=1S/C21H29N3O4/c1-16-13-23(11-12-27-16)20(25)15-24-14-19(21(26)22-9-5-2-6-10-22)28-18-8-4-3-7-17(18)24/h3-4,7-8,16,19H,2,5-6,9-15H2,1H3/t16-,19+/m1/s1. The van der Waals surface area contributed by atoms with Crippen molar-refractivity contribution in [3.05, 3.63) is 24.3 Å². The maximum absolute atomic E-state index is 13.0. The number of carbonyl (C=O) groups excluding carboxylic acids is 2. The number of likely N-dealkylation sites (tertiary alicyclic amines) is 1. The molecule has 0 N–H and O–H groups in total. The van der Waals surface area contributed by atoms with Crippen molar-refractivity contribution in [1.29, 1.82) is 0 Å². The molecule has 2 amide bonds. The van der Waals surface area contributed by atoms with Crippen LogP contribution in [0.3, 0.4) is 0 Å². The summed E-state index contributed by atoms with van der Waals surface area (Å²) >= 11 is 0. The van der Waals surface area contributed by atoms with E-state index in [2.05, 4.69) is 0 Å². The van der Waals surface area contributed by atoms with Crippen molar-refractivity contribution in [2.75, 3.05) is 50.8 Å². The molecule has 0 unspecified atom stereocenters. The van der Waals surface area contributed by atoms with E-state index < -0.39 is 6.10 Å². The van der Waals surface area contributed by atoms with Crippen molar-refractivity contribution >= 4 is 17.5 Å². The zero-order valence-electron chi connectivity index (χ0n) is 16.5. The van der Waals surface area contributed by atoms with Crippen LogP contribution in [0.1, 0.15) is 26.2 Å². The molecule has 0 bridgehead atoms. The molecule has 3 aliphatic heterocycles. The SMILES string of the molecule is C[C@@H]1CN(C(=O)CN2C[C@@H](C(=O)N3CCCCC3)Oc3ccccc32)CCO1. The number of nitrogens with zero attached hydrogens (tertiary/aromatic N) is 3. The first-order chi connectivity index (χ1) is 13.6. The molecule has 3 aliphatic rings. The smallest absolute Gasteiger partial charge is 0.265 e. The van der Waals surface area contributed by atoms with E-state index in [4.69, 9.17) is 9.47 Å². The number of para-hydroxylation sites is 2. The lowest BCUT2D eigenvalue weighted by atomic mass is 10.1. The van der Waals surface area contributed by atoms with Gasteiger partial charge in [-0.25, -0.2) is 0 Å². The number of rotatable bonds is 3. The summed E-state index contributed by atoms with van der Waals surface area (Å²) in [4.78, 5) is 31.7. The molecule has 7 heteroatoms. The van der Waals surface area contributed by atoms with E-state index >= 15 is 0 Å². The van der Waals surface area contributed by atoms with E-state index in [0.29, 0.717) is 32.0 Å². The van der Waals surface area contributed by atoms with Gasteiger partial charge in [0.05, 0.1) is 31.5 Å². The highest BCUT2D eigenvalue weighted by atomic mass is 16.5. The van der Waals surface area contributed by atoms with Gasteiger partial charge in [0, 0.05) is 26.2 Å². The Morgan fingerprint density at radius 2 is 1.82 bits per heavy atom. The maximum Gasteiger partial charge on any atom is 0.265 e. The fraction of sp³-hybridized carbons (Fsp3) is 0.619. The Balaban J connectivity index is 1.49. The Hall–Kier alpha value is -2.28. The topological polar surface area (TPSA) is 62.3 Å². The zero-order valence-corrected chi connectivity index (χ0v) is 16.5. The van der Waals surface area contributed by atoms with Crippen molar-refractivity contribution < 1.29 is 19.1 Å². The first-order valence-corrected chi connectivity index (χ1v) is 10.3. The lowest BCUT2D eigenvalue weighted by molar-refractivity contribution is -0.140. The van der Waals surface area contributed by atoms with Gasteiger partial charge in [0.25, 0.3) is 5.91 Å². The van der Waals surface area contributed by atoms with Crippen LogP contribution in [0, 0.1) is 0 Å². The quantitative estimate of drug-likeness (QED) is 0.787. The third-order valence-electron chi connectivity index (χ3n) is 5.72. The fourth-order valence-corrected chi connectivity index (χ4v) is 4.21. The van der Waals surface area contributed by atoms with Crippen molar-refractivity contribution in [2.24, 2.45) is 0 Å². The first kappa shape index (κ1) is 19.1. The van der Waals surface area contributed by atoms with Gasteiger partial charge in [0.1, 0.15) is 5.75 Å².